The number of ether oxygens (including phenoxy) is 1. The maximum Gasteiger partial charge on any atom is 0.172 e. The van der Waals surface area contributed by atoms with Crippen molar-refractivity contribution in [2.45, 2.75) is 6.92 Å². The number of benzene rings is 1. The molecule has 2 rings (SSSR count). The van der Waals surface area contributed by atoms with Gasteiger partial charge < -0.3 is 4.74 Å². The molecule has 1 aliphatic rings. The number of halogens is 2. The summed E-state index contributed by atoms with van der Waals surface area (Å²) in [6.45, 7) is 2.28. The van der Waals surface area contributed by atoms with Crippen LogP contribution in [0.25, 0.3) is 0 Å². The number of Topliss-reactive ketones (excluding diaryl/α,β-unsaturated/α-hetero) is 1. The molecule has 0 aromatic heterocycles. The van der Waals surface area contributed by atoms with E-state index in [1.54, 1.807) is 12.1 Å². The summed E-state index contributed by atoms with van der Waals surface area (Å²) in [5.74, 6) is 0.611. The number of fused-ring (bicyclic) bond motifs is 1. The van der Waals surface area contributed by atoms with Crippen molar-refractivity contribution in [1.82, 2.24) is 0 Å². The third kappa shape index (κ3) is 1.55. The van der Waals surface area contributed by atoms with E-state index in [0.29, 0.717) is 22.9 Å². The van der Waals surface area contributed by atoms with Crippen LogP contribution in [0, 0.1) is 5.92 Å². The van der Waals surface area contributed by atoms with E-state index in [2.05, 4.69) is 15.9 Å². The highest BCUT2D eigenvalue weighted by Crippen LogP contribution is 2.36. The van der Waals surface area contributed by atoms with Gasteiger partial charge in [-0.2, -0.15) is 0 Å². The van der Waals surface area contributed by atoms with Crippen molar-refractivity contribution in [3.63, 3.8) is 0 Å². The maximum atomic E-state index is 11.8. The highest BCUT2D eigenvalue weighted by molar-refractivity contribution is 9.10. The molecule has 1 aliphatic heterocycles. The summed E-state index contributed by atoms with van der Waals surface area (Å²) in [5.41, 5.74) is 0.572. The highest BCUT2D eigenvalue weighted by Gasteiger charge is 2.27. The van der Waals surface area contributed by atoms with Crippen LogP contribution in [0.15, 0.2) is 16.6 Å². The van der Waals surface area contributed by atoms with Crippen molar-refractivity contribution in [2.75, 3.05) is 6.61 Å². The van der Waals surface area contributed by atoms with E-state index in [-0.39, 0.29) is 11.7 Å². The summed E-state index contributed by atoms with van der Waals surface area (Å²) < 4.78 is 6.20. The number of ketones is 1. The van der Waals surface area contributed by atoms with Gasteiger partial charge in [0.25, 0.3) is 0 Å². The third-order valence-corrected chi connectivity index (χ3v) is 3.01. The quantitative estimate of drug-likeness (QED) is 0.726. The van der Waals surface area contributed by atoms with Crippen molar-refractivity contribution in [3.05, 3.63) is 27.2 Å². The molecule has 0 saturated carbocycles. The molecule has 1 heterocycles. The minimum atomic E-state index is -0.0899. The number of rotatable bonds is 0. The lowest BCUT2D eigenvalue weighted by Crippen LogP contribution is -2.25. The Hall–Kier alpha value is -0.540. The lowest BCUT2D eigenvalue weighted by molar-refractivity contribution is 0.0848. The first-order chi connectivity index (χ1) is 6.59. The summed E-state index contributed by atoms with van der Waals surface area (Å²) in [7, 11) is 0. The van der Waals surface area contributed by atoms with Gasteiger partial charge in [0.05, 0.1) is 22.6 Å². The lowest BCUT2D eigenvalue weighted by Gasteiger charge is -2.22. The van der Waals surface area contributed by atoms with Crippen LogP contribution in [0.1, 0.15) is 17.3 Å². The average Bonchev–Trinajstić information content (AvgIpc) is 2.12. The molecule has 1 aromatic rings. The first kappa shape index (κ1) is 9.99. The van der Waals surface area contributed by atoms with Crippen LogP contribution >= 0.6 is 27.5 Å². The Bertz CT molecular complexity index is 403. The molecule has 0 saturated heterocycles. The molecule has 1 unspecified atom stereocenters. The smallest absolute Gasteiger partial charge is 0.172 e. The van der Waals surface area contributed by atoms with Crippen LogP contribution in [-0.2, 0) is 0 Å². The molecule has 2 nitrogen and oxygen atoms in total. The molecule has 0 amide bonds. The monoisotopic (exact) mass is 274 g/mol. The molecule has 74 valence electrons. The summed E-state index contributed by atoms with van der Waals surface area (Å²) in [6, 6.07) is 3.38. The maximum absolute atomic E-state index is 11.8. The molecule has 0 aliphatic carbocycles. The lowest BCUT2D eigenvalue weighted by atomic mass is 9.97. The molecule has 0 fully saturated rings. The Labute approximate surface area is 95.3 Å². The standard InChI is InChI=1S/C10H8BrClO2/c1-5-4-14-10-7(9(5)13)2-6(12)3-8(10)11/h2-3,5H,4H2,1H3. The highest BCUT2D eigenvalue weighted by atomic mass is 79.9. The SMILES string of the molecule is CC1COc2c(Br)cc(Cl)cc2C1=O. The van der Waals surface area contributed by atoms with Crippen LogP contribution in [0.4, 0.5) is 0 Å². The zero-order chi connectivity index (χ0) is 10.3. The first-order valence-electron chi connectivity index (χ1n) is 4.25. The van der Waals surface area contributed by atoms with Crippen LogP contribution in [0.2, 0.25) is 5.02 Å². The fourth-order valence-electron chi connectivity index (χ4n) is 1.44. The second kappa shape index (κ2) is 3.55. The van der Waals surface area contributed by atoms with Gasteiger partial charge >= 0.3 is 0 Å². The van der Waals surface area contributed by atoms with Crippen molar-refractivity contribution in [2.24, 2.45) is 5.92 Å². The van der Waals surface area contributed by atoms with E-state index in [1.807, 2.05) is 6.92 Å². The normalized spacial score (nSPS) is 20.2. The van der Waals surface area contributed by atoms with Gasteiger partial charge in [-0.1, -0.05) is 18.5 Å². The minimum Gasteiger partial charge on any atom is -0.491 e. The van der Waals surface area contributed by atoms with E-state index in [1.165, 1.54) is 0 Å². The van der Waals surface area contributed by atoms with Crippen LogP contribution in [0.3, 0.4) is 0 Å². The molecule has 0 N–H and O–H groups in total. The van der Waals surface area contributed by atoms with Crippen LogP contribution in [-0.4, -0.2) is 12.4 Å². The first-order valence-corrected chi connectivity index (χ1v) is 5.42. The summed E-state index contributed by atoms with van der Waals surface area (Å²) in [4.78, 5) is 11.8. The molecule has 4 heteroatoms. The molecule has 14 heavy (non-hydrogen) atoms. The summed E-state index contributed by atoms with van der Waals surface area (Å²) >= 11 is 9.18. The van der Waals surface area contributed by atoms with Crippen molar-refractivity contribution in [1.29, 1.82) is 0 Å². The molecule has 0 bridgehead atoms. The van der Waals surface area contributed by atoms with Gasteiger partial charge in [-0.3, -0.25) is 4.79 Å². The topological polar surface area (TPSA) is 26.3 Å². The molecule has 1 aromatic carbocycles. The fourth-order valence-corrected chi connectivity index (χ4v) is 2.36. The zero-order valence-corrected chi connectivity index (χ0v) is 9.85. The average molecular weight is 276 g/mol. The largest absolute Gasteiger partial charge is 0.491 e. The number of carbonyl (C=O) groups is 1. The molecular formula is C10H8BrClO2. The molecule has 1 atom stereocenters. The second-order valence-corrected chi connectivity index (χ2v) is 4.63. The van der Waals surface area contributed by atoms with Crippen LogP contribution < -0.4 is 4.74 Å². The van der Waals surface area contributed by atoms with Gasteiger partial charge in [0, 0.05) is 5.02 Å². The minimum absolute atomic E-state index is 0.0899. The Kier molecular flexibility index (Phi) is 2.54. The van der Waals surface area contributed by atoms with Gasteiger partial charge in [-0.05, 0) is 28.1 Å². The van der Waals surface area contributed by atoms with Crippen LogP contribution in [0.5, 0.6) is 5.75 Å². The Balaban J connectivity index is 2.60. The number of hydrogen-bond acceptors (Lipinski definition) is 2. The van der Waals surface area contributed by atoms with E-state index in [4.69, 9.17) is 16.3 Å². The van der Waals surface area contributed by atoms with Crippen molar-refractivity contribution < 1.29 is 9.53 Å². The van der Waals surface area contributed by atoms with Gasteiger partial charge in [-0.25, -0.2) is 0 Å². The number of carbonyl (C=O) groups excluding carboxylic acids is 1. The molecule has 0 radical (unpaired) electrons. The summed E-state index contributed by atoms with van der Waals surface area (Å²) in [5, 5.41) is 0.543. The third-order valence-electron chi connectivity index (χ3n) is 2.20. The van der Waals surface area contributed by atoms with E-state index >= 15 is 0 Å². The predicted molar refractivity (Wildman–Crippen MR) is 58.1 cm³/mol. The molecular weight excluding hydrogens is 267 g/mol. The van der Waals surface area contributed by atoms with E-state index < -0.39 is 0 Å². The van der Waals surface area contributed by atoms with E-state index in [9.17, 15) is 4.79 Å². The molecule has 0 spiro atoms. The Morgan fingerprint density at radius 3 is 3.00 bits per heavy atom. The van der Waals surface area contributed by atoms with Gasteiger partial charge in [0.15, 0.2) is 5.78 Å². The van der Waals surface area contributed by atoms with Gasteiger partial charge in [0.1, 0.15) is 5.75 Å². The fraction of sp³-hybridized carbons (Fsp3) is 0.300. The van der Waals surface area contributed by atoms with Crippen molar-refractivity contribution in [3.8, 4) is 5.75 Å². The Morgan fingerprint density at radius 2 is 2.29 bits per heavy atom. The van der Waals surface area contributed by atoms with Gasteiger partial charge in [0.2, 0.25) is 0 Å². The predicted octanol–water partition coefficient (Wildman–Crippen LogP) is 3.31. The Morgan fingerprint density at radius 1 is 1.57 bits per heavy atom. The summed E-state index contributed by atoms with van der Waals surface area (Å²) in [6.07, 6.45) is 0. The van der Waals surface area contributed by atoms with Crippen molar-refractivity contribution >= 4 is 33.3 Å². The van der Waals surface area contributed by atoms with Gasteiger partial charge in [-0.15, -0.1) is 0 Å². The van der Waals surface area contributed by atoms with E-state index in [0.717, 1.165) is 4.47 Å². The second-order valence-electron chi connectivity index (χ2n) is 3.34. The zero-order valence-electron chi connectivity index (χ0n) is 7.51. The number of hydrogen-bond donors (Lipinski definition) is 0.